The minimum absolute atomic E-state index is 0.00818. The van der Waals surface area contributed by atoms with Gasteiger partial charge in [-0.05, 0) is 38.0 Å². The molecule has 0 bridgehead atoms. The van der Waals surface area contributed by atoms with Gasteiger partial charge in [0.15, 0.2) is 0 Å². The number of fused-ring (bicyclic) bond motifs is 3. The third kappa shape index (κ3) is 1.79. The summed E-state index contributed by atoms with van der Waals surface area (Å²) in [5.41, 5.74) is 3.33. The molecule has 0 radical (unpaired) electrons. The highest BCUT2D eigenvalue weighted by atomic mass is 16.3. The van der Waals surface area contributed by atoms with E-state index in [1.165, 1.54) is 0 Å². The number of carbonyl (C=O) groups excluding carboxylic acids is 1. The molecule has 1 atom stereocenters. The first-order chi connectivity index (χ1) is 10.1. The zero-order chi connectivity index (χ0) is 14.6. The number of benzene rings is 1. The van der Waals surface area contributed by atoms with E-state index in [9.17, 15) is 4.79 Å². The van der Waals surface area contributed by atoms with Crippen molar-refractivity contribution in [1.29, 1.82) is 0 Å². The number of hydrogen-bond acceptors (Lipinski definition) is 3. The van der Waals surface area contributed by atoms with Gasteiger partial charge < -0.3 is 14.2 Å². The second-order valence-corrected chi connectivity index (χ2v) is 5.58. The van der Waals surface area contributed by atoms with Crippen LogP contribution in [0.4, 0.5) is 0 Å². The van der Waals surface area contributed by atoms with Gasteiger partial charge in [0.25, 0.3) is 0 Å². The SMILES string of the molecule is C=C1CC[C@@H](c2coc3ccc4oc(C)cc4c23)C(=O)N1. The summed E-state index contributed by atoms with van der Waals surface area (Å²) in [6.45, 7) is 5.75. The maximum absolute atomic E-state index is 12.3. The van der Waals surface area contributed by atoms with Gasteiger partial charge in [0, 0.05) is 22.0 Å². The first-order valence-electron chi connectivity index (χ1n) is 7.02. The lowest BCUT2D eigenvalue weighted by Crippen LogP contribution is -2.33. The third-order valence-corrected chi connectivity index (χ3v) is 4.11. The summed E-state index contributed by atoms with van der Waals surface area (Å²) in [6.07, 6.45) is 3.25. The van der Waals surface area contributed by atoms with Crippen molar-refractivity contribution in [3.8, 4) is 0 Å². The largest absolute Gasteiger partial charge is 0.464 e. The number of carbonyl (C=O) groups is 1. The number of aryl methyl sites for hydroxylation is 1. The van der Waals surface area contributed by atoms with Crippen LogP contribution in [0.15, 0.2) is 45.6 Å². The highest BCUT2D eigenvalue weighted by Crippen LogP contribution is 2.38. The van der Waals surface area contributed by atoms with E-state index in [0.29, 0.717) is 0 Å². The molecule has 4 heteroatoms. The van der Waals surface area contributed by atoms with Crippen LogP contribution in [0.5, 0.6) is 0 Å². The zero-order valence-corrected chi connectivity index (χ0v) is 11.7. The Morgan fingerprint density at radius 2 is 2.14 bits per heavy atom. The van der Waals surface area contributed by atoms with Crippen molar-refractivity contribution in [1.82, 2.24) is 5.32 Å². The van der Waals surface area contributed by atoms with Gasteiger partial charge in [0.1, 0.15) is 16.9 Å². The van der Waals surface area contributed by atoms with E-state index in [0.717, 1.165) is 51.8 Å². The predicted molar refractivity (Wildman–Crippen MR) is 80.0 cm³/mol. The standard InChI is InChI=1S/C17H15NO3/c1-9-3-4-11(17(19)18-9)13-8-20-15-6-5-14-12(16(13)15)7-10(2)21-14/h5-8,11H,1,3-4H2,2H3,(H,18,19)/t11-/m0/s1. The Morgan fingerprint density at radius 1 is 1.33 bits per heavy atom. The zero-order valence-electron chi connectivity index (χ0n) is 11.7. The molecule has 106 valence electrons. The van der Waals surface area contributed by atoms with Crippen LogP contribution in [0.25, 0.3) is 21.9 Å². The summed E-state index contributed by atoms with van der Waals surface area (Å²) in [5.74, 6) is 0.648. The maximum Gasteiger partial charge on any atom is 0.231 e. The molecule has 1 N–H and O–H groups in total. The highest BCUT2D eigenvalue weighted by Gasteiger charge is 2.29. The van der Waals surface area contributed by atoms with Crippen molar-refractivity contribution < 1.29 is 13.6 Å². The van der Waals surface area contributed by atoms with Crippen LogP contribution in [0.1, 0.15) is 30.1 Å². The second-order valence-electron chi connectivity index (χ2n) is 5.58. The lowest BCUT2D eigenvalue weighted by Gasteiger charge is -2.22. The van der Waals surface area contributed by atoms with Gasteiger partial charge in [-0.3, -0.25) is 4.79 Å². The summed E-state index contributed by atoms with van der Waals surface area (Å²) < 4.78 is 11.3. The van der Waals surface area contributed by atoms with Crippen LogP contribution in [0, 0.1) is 6.92 Å². The number of hydrogen-bond donors (Lipinski definition) is 1. The van der Waals surface area contributed by atoms with E-state index in [-0.39, 0.29) is 11.8 Å². The first-order valence-corrected chi connectivity index (χ1v) is 7.02. The third-order valence-electron chi connectivity index (χ3n) is 4.11. The Kier molecular flexibility index (Phi) is 2.48. The van der Waals surface area contributed by atoms with E-state index < -0.39 is 0 Å². The van der Waals surface area contributed by atoms with Gasteiger partial charge in [-0.25, -0.2) is 0 Å². The topological polar surface area (TPSA) is 55.4 Å². The van der Waals surface area contributed by atoms with Crippen LogP contribution >= 0.6 is 0 Å². The molecule has 21 heavy (non-hydrogen) atoms. The van der Waals surface area contributed by atoms with E-state index in [2.05, 4.69) is 11.9 Å². The summed E-state index contributed by atoms with van der Waals surface area (Å²) in [6, 6.07) is 5.79. The van der Waals surface area contributed by atoms with E-state index in [1.807, 2.05) is 25.1 Å². The first kappa shape index (κ1) is 12.3. The van der Waals surface area contributed by atoms with Crippen molar-refractivity contribution in [3.05, 3.63) is 48.1 Å². The fourth-order valence-electron chi connectivity index (χ4n) is 3.13. The molecule has 1 amide bonds. The quantitative estimate of drug-likeness (QED) is 0.733. The number of amides is 1. The van der Waals surface area contributed by atoms with Crippen molar-refractivity contribution in [2.24, 2.45) is 0 Å². The minimum Gasteiger partial charge on any atom is -0.464 e. The molecule has 1 aliphatic heterocycles. The average molecular weight is 281 g/mol. The minimum atomic E-state index is -0.197. The van der Waals surface area contributed by atoms with E-state index in [1.54, 1.807) is 6.26 Å². The Morgan fingerprint density at radius 3 is 2.95 bits per heavy atom. The van der Waals surface area contributed by atoms with Crippen LogP contribution in [0.3, 0.4) is 0 Å². The summed E-state index contributed by atoms with van der Waals surface area (Å²) in [7, 11) is 0. The number of rotatable bonds is 1. The molecule has 0 aliphatic carbocycles. The number of allylic oxidation sites excluding steroid dienone is 1. The second kappa shape index (κ2) is 4.25. The molecule has 0 unspecified atom stereocenters. The molecule has 1 saturated heterocycles. The Hall–Kier alpha value is -2.49. The molecule has 2 aromatic heterocycles. The normalized spacial score (nSPS) is 19.4. The molecule has 1 aliphatic rings. The van der Waals surface area contributed by atoms with Crippen molar-refractivity contribution in [2.75, 3.05) is 0 Å². The average Bonchev–Trinajstić information content (AvgIpc) is 3.00. The monoisotopic (exact) mass is 281 g/mol. The molecule has 1 aromatic carbocycles. The summed E-state index contributed by atoms with van der Waals surface area (Å²) in [5, 5.41) is 4.83. The molecule has 3 aromatic rings. The predicted octanol–water partition coefficient (Wildman–Crippen LogP) is 3.99. The summed E-state index contributed by atoms with van der Waals surface area (Å²) >= 11 is 0. The molecule has 4 nitrogen and oxygen atoms in total. The van der Waals surface area contributed by atoms with Crippen LogP contribution in [-0.2, 0) is 4.79 Å². The fourth-order valence-corrected chi connectivity index (χ4v) is 3.13. The number of piperidine rings is 1. The molecule has 3 heterocycles. The van der Waals surface area contributed by atoms with Gasteiger partial charge in [-0.1, -0.05) is 6.58 Å². The molecule has 4 rings (SSSR count). The van der Waals surface area contributed by atoms with Gasteiger partial charge in [-0.15, -0.1) is 0 Å². The summed E-state index contributed by atoms with van der Waals surface area (Å²) in [4.78, 5) is 12.3. The Labute approximate surface area is 121 Å². The smallest absolute Gasteiger partial charge is 0.231 e. The lowest BCUT2D eigenvalue weighted by atomic mass is 9.89. The molecular formula is C17H15NO3. The molecular weight excluding hydrogens is 266 g/mol. The van der Waals surface area contributed by atoms with Crippen molar-refractivity contribution in [3.63, 3.8) is 0 Å². The number of furan rings is 2. The van der Waals surface area contributed by atoms with Crippen molar-refractivity contribution in [2.45, 2.75) is 25.7 Å². The number of nitrogens with one attached hydrogen (secondary N) is 1. The molecule has 0 spiro atoms. The molecule has 0 saturated carbocycles. The fraction of sp³-hybridized carbons (Fsp3) is 0.235. The highest BCUT2D eigenvalue weighted by molar-refractivity contribution is 6.08. The van der Waals surface area contributed by atoms with Gasteiger partial charge in [-0.2, -0.15) is 0 Å². The van der Waals surface area contributed by atoms with Crippen LogP contribution in [0.2, 0.25) is 0 Å². The Balaban J connectivity index is 1.94. The Bertz CT molecular complexity index is 884. The van der Waals surface area contributed by atoms with Crippen molar-refractivity contribution >= 4 is 27.8 Å². The van der Waals surface area contributed by atoms with E-state index >= 15 is 0 Å². The maximum atomic E-state index is 12.3. The van der Waals surface area contributed by atoms with Gasteiger partial charge >= 0.3 is 0 Å². The van der Waals surface area contributed by atoms with Crippen LogP contribution in [-0.4, -0.2) is 5.91 Å². The lowest BCUT2D eigenvalue weighted by molar-refractivity contribution is -0.122. The van der Waals surface area contributed by atoms with Gasteiger partial charge in [0.05, 0.1) is 12.2 Å². The molecule has 1 fully saturated rings. The van der Waals surface area contributed by atoms with Gasteiger partial charge in [0.2, 0.25) is 5.91 Å². The van der Waals surface area contributed by atoms with E-state index in [4.69, 9.17) is 8.83 Å². The van der Waals surface area contributed by atoms with Crippen LogP contribution < -0.4 is 5.32 Å².